The Bertz CT molecular complexity index is 807. The summed E-state index contributed by atoms with van der Waals surface area (Å²) in [6.45, 7) is 1.60. The smallest absolute Gasteiger partial charge is 0.296 e. The molecule has 23 heavy (non-hydrogen) atoms. The molecule has 0 atom stereocenters. The molecule has 0 aliphatic rings. The minimum Gasteiger partial charge on any atom is -0.493 e. The number of thioether (sulfide) groups is 1. The van der Waals surface area contributed by atoms with Crippen LogP contribution in [-0.4, -0.2) is 41.6 Å². The third-order valence-electron chi connectivity index (χ3n) is 2.93. The highest BCUT2D eigenvalue weighted by atomic mass is 79.9. The minimum absolute atomic E-state index is 0.286. The Morgan fingerprint density at radius 3 is 2.65 bits per heavy atom. The molecule has 1 heterocycles. The topological polar surface area (TPSA) is 78.6 Å². The number of halogens is 1. The van der Waals surface area contributed by atoms with Gasteiger partial charge in [0.25, 0.3) is 5.56 Å². The average Bonchev–Trinajstić information content (AvgIpc) is 2.55. The minimum atomic E-state index is -0.305. The zero-order valence-electron chi connectivity index (χ0n) is 13.0. The van der Waals surface area contributed by atoms with Crippen molar-refractivity contribution >= 4 is 33.9 Å². The Kier molecular flexibility index (Phi) is 5.78. The molecule has 7 nitrogen and oxygen atoms in total. The van der Waals surface area contributed by atoms with Crippen LogP contribution in [0.5, 0.6) is 11.5 Å². The molecule has 0 saturated carbocycles. The average molecular weight is 399 g/mol. The van der Waals surface area contributed by atoms with E-state index in [0.29, 0.717) is 16.7 Å². The number of aryl methyl sites for hydroxylation is 1. The van der Waals surface area contributed by atoms with Crippen LogP contribution in [0.15, 0.2) is 31.7 Å². The number of benzene rings is 1. The van der Waals surface area contributed by atoms with Gasteiger partial charge < -0.3 is 9.47 Å². The van der Waals surface area contributed by atoms with Crippen molar-refractivity contribution in [1.29, 1.82) is 0 Å². The monoisotopic (exact) mass is 398 g/mol. The van der Waals surface area contributed by atoms with Crippen LogP contribution >= 0.6 is 27.7 Å². The molecule has 0 unspecified atom stereocenters. The highest BCUT2D eigenvalue weighted by Crippen LogP contribution is 2.35. The number of aromatic nitrogens is 3. The van der Waals surface area contributed by atoms with Crippen molar-refractivity contribution in [3.05, 3.63) is 38.2 Å². The standard InChI is InChI=1S/C14H15BrN4O3S/c1-8-13(20)19(14(23-4)18-17-8)16-7-9-5-10(15)12(22-3)11(6-9)21-2/h5-7H,1-4H3/b16-7-. The van der Waals surface area contributed by atoms with Crippen molar-refractivity contribution < 1.29 is 9.47 Å². The third-order valence-corrected chi connectivity index (χ3v) is 4.14. The summed E-state index contributed by atoms with van der Waals surface area (Å²) < 4.78 is 12.5. The van der Waals surface area contributed by atoms with Gasteiger partial charge in [-0.1, -0.05) is 11.8 Å². The van der Waals surface area contributed by atoms with Gasteiger partial charge in [-0.25, -0.2) is 0 Å². The normalized spacial score (nSPS) is 11.0. The van der Waals surface area contributed by atoms with E-state index >= 15 is 0 Å². The maximum atomic E-state index is 12.1. The molecular weight excluding hydrogens is 384 g/mol. The zero-order chi connectivity index (χ0) is 17.0. The molecular formula is C14H15BrN4O3S. The molecule has 0 radical (unpaired) electrons. The molecule has 0 fully saturated rings. The molecule has 2 aromatic rings. The second kappa shape index (κ2) is 7.60. The zero-order valence-corrected chi connectivity index (χ0v) is 15.4. The van der Waals surface area contributed by atoms with Crippen LogP contribution in [0, 0.1) is 6.92 Å². The van der Waals surface area contributed by atoms with Crippen LogP contribution in [0.2, 0.25) is 0 Å². The molecule has 0 saturated heterocycles. The summed E-state index contributed by atoms with van der Waals surface area (Å²) in [7, 11) is 3.11. The van der Waals surface area contributed by atoms with Gasteiger partial charge in [0, 0.05) is 0 Å². The van der Waals surface area contributed by atoms with Gasteiger partial charge in [-0.3, -0.25) is 4.79 Å². The fourth-order valence-electron chi connectivity index (χ4n) is 1.81. The SMILES string of the molecule is COc1cc(/C=N\n2c(SC)nnc(C)c2=O)cc(Br)c1OC. The molecule has 1 aromatic carbocycles. The Hall–Kier alpha value is -1.87. The van der Waals surface area contributed by atoms with Gasteiger partial charge in [0.05, 0.1) is 24.9 Å². The fraction of sp³-hybridized carbons (Fsp3) is 0.286. The lowest BCUT2D eigenvalue weighted by molar-refractivity contribution is 0.353. The molecule has 0 N–H and O–H groups in total. The maximum Gasteiger partial charge on any atom is 0.296 e. The summed E-state index contributed by atoms with van der Waals surface area (Å²) in [4.78, 5) is 12.1. The number of methoxy groups -OCH3 is 2. The molecule has 122 valence electrons. The van der Waals surface area contributed by atoms with Crippen molar-refractivity contribution in [2.45, 2.75) is 12.1 Å². The second-order valence-corrected chi connectivity index (χ2v) is 6.00. The first-order chi connectivity index (χ1) is 11.0. The van der Waals surface area contributed by atoms with Gasteiger partial charge in [0.2, 0.25) is 5.16 Å². The Morgan fingerprint density at radius 1 is 1.30 bits per heavy atom. The predicted octanol–water partition coefficient (Wildman–Crippen LogP) is 2.33. The molecule has 0 amide bonds. The van der Waals surface area contributed by atoms with Crippen molar-refractivity contribution in [3.63, 3.8) is 0 Å². The Morgan fingerprint density at radius 2 is 2.04 bits per heavy atom. The quantitative estimate of drug-likeness (QED) is 0.567. The second-order valence-electron chi connectivity index (χ2n) is 4.37. The molecule has 0 spiro atoms. The van der Waals surface area contributed by atoms with E-state index in [4.69, 9.17) is 9.47 Å². The van der Waals surface area contributed by atoms with Crippen LogP contribution in [0.1, 0.15) is 11.3 Å². The number of rotatable bonds is 5. The van der Waals surface area contributed by atoms with Crippen LogP contribution in [0.25, 0.3) is 0 Å². The van der Waals surface area contributed by atoms with Crippen molar-refractivity contribution in [1.82, 2.24) is 14.9 Å². The van der Waals surface area contributed by atoms with Crippen molar-refractivity contribution in [2.24, 2.45) is 5.10 Å². The van der Waals surface area contributed by atoms with Crippen molar-refractivity contribution in [3.8, 4) is 11.5 Å². The lowest BCUT2D eigenvalue weighted by Crippen LogP contribution is -2.23. The Labute approximate surface area is 145 Å². The highest BCUT2D eigenvalue weighted by molar-refractivity contribution is 9.10. The molecule has 9 heteroatoms. The van der Waals surface area contributed by atoms with Crippen LogP contribution in [0.4, 0.5) is 0 Å². The van der Waals surface area contributed by atoms with E-state index in [-0.39, 0.29) is 11.3 Å². The molecule has 2 rings (SSSR count). The lowest BCUT2D eigenvalue weighted by Gasteiger charge is -2.10. The van der Waals surface area contributed by atoms with Crippen LogP contribution < -0.4 is 15.0 Å². The predicted molar refractivity (Wildman–Crippen MR) is 93.0 cm³/mol. The largest absolute Gasteiger partial charge is 0.493 e. The van der Waals surface area contributed by atoms with Gasteiger partial charge in [-0.05, 0) is 46.8 Å². The van der Waals surface area contributed by atoms with Gasteiger partial charge in [-0.2, -0.15) is 9.78 Å². The molecule has 0 aliphatic heterocycles. The Balaban J connectivity index is 2.48. The first kappa shape index (κ1) is 17.5. The van der Waals surface area contributed by atoms with Gasteiger partial charge >= 0.3 is 0 Å². The van der Waals surface area contributed by atoms with Crippen molar-refractivity contribution in [2.75, 3.05) is 20.5 Å². The summed E-state index contributed by atoms with van der Waals surface area (Å²) in [6, 6.07) is 3.58. The lowest BCUT2D eigenvalue weighted by atomic mass is 10.2. The van der Waals surface area contributed by atoms with E-state index in [1.54, 1.807) is 39.7 Å². The molecule has 0 aliphatic carbocycles. The van der Waals surface area contributed by atoms with E-state index in [1.807, 2.05) is 6.07 Å². The highest BCUT2D eigenvalue weighted by Gasteiger charge is 2.11. The van der Waals surface area contributed by atoms with E-state index in [2.05, 4.69) is 31.2 Å². The van der Waals surface area contributed by atoms with Gasteiger partial charge in [0.15, 0.2) is 11.5 Å². The van der Waals surface area contributed by atoms with E-state index < -0.39 is 0 Å². The summed E-state index contributed by atoms with van der Waals surface area (Å²) in [5.74, 6) is 1.15. The number of ether oxygens (including phenoxy) is 2. The maximum absolute atomic E-state index is 12.1. The van der Waals surface area contributed by atoms with E-state index in [9.17, 15) is 4.79 Å². The number of hydrogen-bond acceptors (Lipinski definition) is 7. The number of hydrogen-bond donors (Lipinski definition) is 0. The molecule has 0 bridgehead atoms. The summed E-state index contributed by atoms with van der Waals surface area (Å²) in [5.41, 5.74) is 0.719. The van der Waals surface area contributed by atoms with Crippen LogP contribution in [-0.2, 0) is 0 Å². The van der Waals surface area contributed by atoms with E-state index in [0.717, 1.165) is 10.0 Å². The summed E-state index contributed by atoms with van der Waals surface area (Å²) in [6.07, 6.45) is 3.35. The van der Waals surface area contributed by atoms with Crippen LogP contribution in [0.3, 0.4) is 0 Å². The third kappa shape index (κ3) is 3.73. The first-order valence-electron chi connectivity index (χ1n) is 6.48. The fourth-order valence-corrected chi connectivity index (χ4v) is 2.86. The first-order valence-corrected chi connectivity index (χ1v) is 8.49. The van der Waals surface area contributed by atoms with Gasteiger partial charge in [-0.15, -0.1) is 10.2 Å². The summed E-state index contributed by atoms with van der Waals surface area (Å²) >= 11 is 4.71. The molecule has 1 aromatic heterocycles. The number of nitrogens with zero attached hydrogens (tertiary/aromatic N) is 4. The summed E-state index contributed by atoms with van der Waals surface area (Å²) in [5, 5.41) is 12.4. The van der Waals surface area contributed by atoms with E-state index in [1.165, 1.54) is 16.4 Å². The van der Waals surface area contributed by atoms with Gasteiger partial charge in [0.1, 0.15) is 5.69 Å².